The van der Waals surface area contributed by atoms with Gasteiger partial charge in [0, 0.05) is 38.2 Å². The number of ether oxygens (including phenoxy) is 3. The number of methoxy groups -OCH3 is 2. The second-order valence-electron chi connectivity index (χ2n) is 6.89. The summed E-state index contributed by atoms with van der Waals surface area (Å²) >= 11 is 0. The SMILES string of the molecule is CCOCC1CCS(=O)(=O)C12CN(Cc1cc(OC)cc(OC)c1)C2. The van der Waals surface area contributed by atoms with Crippen LogP contribution in [0.3, 0.4) is 0 Å². The average Bonchev–Trinajstić information content (AvgIpc) is 2.83. The molecule has 1 unspecified atom stereocenters. The third-order valence-electron chi connectivity index (χ3n) is 5.42. The Hall–Kier alpha value is -1.31. The minimum Gasteiger partial charge on any atom is -0.497 e. The lowest BCUT2D eigenvalue weighted by molar-refractivity contribution is 0.0291. The van der Waals surface area contributed by atoms with Crippen molar-refractivity contribution in [2.75, 3.05) is 46.3 Å². The van der Waals surface area contributed by atoms with E-state index in [1.54, 1.807) is 14.2 Å². The monoisotopic (exact) mass is 369 g/mol. The van der Waals surface area contributed by atoms with Crippen LogP contribution >= 0.6 is 0 Å². The molecule has 0 bridgehead atoms. The van der Waals surface area contributed by atoms with Gasteiger partial charge in [-0.2, -0.15) is 0 Å². The highest BCUT2D eigenvalue weighted by Crippen LogP contribution is 2.45. The number of nitrogens with zero attached hydrogens (tertiary/aromatic N) is 1. The normalized spacial score (nSPS) is 24.2. The molecule has 2 aliphatic rings. The molecular formula is C18H27NO5S. The number of sulfone groups is 1. The standard InChI is InChI=1S/C18H27NO5S/c1-4-24-11-15-5-6-25(20,21)18(15)12-19(13-18)10-14-7-16(22-2)9-17(8-14)23-3/h7-9,15H,4-6,10-13H2,1-3H3. The molecule has 2 aliphatic heterocycles. The molecule has 3 rings (SSSR count). The predicted molar refractivity (Wildman–Crippen MR) is 95.9 cm³/mol. The number of likely N-dealkylation sites (tertiary alicyclic amines) is 1. The summed E-state index contributed by atoms with van der Waals surface area (Å²) in [6.45, 7) is 4.95. The Morgan fingerprint density at radius 2 is 1.80 bits per heavy atom. The predicted octanol–water partition coefficient (Wildman–Crippen LogP) is 1.73. The van der Waals surface area contributed by atoms with Crippen LogP contribution in [0.5, 0.6) is 11.5 Å². The Labute approximate surface area is 150 Å². The van der Waals surface area contributed by atoms with Crippen molar-refractivity contribution in [3.05, 3.63) is 23.8 Å². The zero-order chi connectivity index (χ0) is 18.1. The first kappa shape index (κ1) is 18.5. The van der Waals surface area contributed by atoms with Gasteiger partial charge in [-0.05, 0) is 31.0 Å². The molecule has 1 spiro atoms. The van der Waals surface area contributed by atoms with E-state index in [9.17, 15) is 8.42 Å². The summed E-state index contributed by atoms with van der Waals surface area (Å²) in [6.07, 6.45) is 0.711. The Kier molecular flexibility index (Phi) is 5.27. The highest BCUT2D eigenvalue weighted by Gasteiger charge is 2.61. The third-order valence-corrected chi connectivity index (χ3v) is 8.02. The van der Waals surface area contributed by atoms with Gasteiger partial charge in [-0.3, -0.25) is 4.90 Å². The van der Waals surface area contributed by atoms with Gasteiger partial charge in [0.1, 0.15) is 16.2 Å². The van der Waals surface area contributed by atoms with Crippen molar-refractivity contribution in [3.8, 4) is 11.5 Å². The molecule has 1 aromatic rings. The second kappa shape index (κ2) is 7.13. The molecule has 0 radical (unpaired) electrons. The first-order valence-electron chi connectivity index (χ1n) is 8.68. The van der Waals surface area contributed by atoms with E-state index in [4.69, 9.17) is 14.2 Å². The van der Waals surface area contributed by atoms with Crippen LogP contribution in [0.1, 0.15) is 18.9 Å². The van der Waals surface area contributed by atoms with E-state index in [1.807, 2.05) is 25.1 Å². The second-order valence-corrected chi connectivity index (χ2v) is 9.35. The van der Waals surface area contributed by atoms with E-state index in [-0.39, 0.29) is 11.7 Å². The number of hydrogen-bond donors (Lipinski definition) is 0. The topological polar surface area (TPSA) is 65.1 Å². The lowest BCUT2D eigenvalue weighted by Gasteiger charge is -2.50. The van der Waals surface area contributed by atoms with Crippen LogP contribution in [-0.4, -0.2) is 64.3 Å². The van der Waals surface area contributed by atoms with Crippen LogP contribution in [-0.2, 0) is 21.1 Å². The van der Waals surface area contributed by atoms with Crippen molar-refractivity contribution >= 4 is 9.84 Å². The van der Waals surface area contributed by atoms with Crippen molar-refractivity contribution in [1.82, 2.24) is 4.90 Å². The van der Waals surface area contributed by atoms with E-state index in [0.717, 1.165) is 17.1 Å². The summed E-state index contributed by atoms with van der Waals surface area (Å²) in [4.78, 5) is 2.18. The van der Waals surface area contributed by atoms with Gasteiger partial charge in [-0.1, -0.05) is 0 Å². The minimum atomic E-state index is -3.05. The zero-order valence-electron chi connectivity index (χ0n) is 15.2. The lowest BCUT2D eigenvalue weighted by Crippen LogP contribution is -2.67. The molecule has 0 N–H and O–H groups in total. The number of benzene rings is 1. The molecule has 1 atom stereocenters. The first-order valence-corrected chi connectivity index (χ1v) is 10.3. The summed E-state index contributed by atoms with van der Waals surface area (Å²) in [7, 11) is 0.200. The summed E-state index contributed by atoms with van der Waals surface area (Å²) in [5, 5.41) is 0. The van der Waals surface area contributed by atoms with Gasteiger partial charge in [0.25, 0.3) is 0 Å². The van der Waals surface area contributed by atoms with Crippen LogP contribution in [0.15, 0.2) is 18.2 Å². The fourth-order valence-electron chi connectivity index (χ4n) is 4.01. The highest BCUT2D eigenvalue weighted by molar-refractivity contribution is 7.93. The third kappa shape index (κ3) is 3.37. The maximum absolute atomic E-state index is 12.6. The number of hydrogen-bond acceptors (Lipinski definition) is 6. The molecule has 2 fully saturated rings. The molecule has 7 heteroatoms. The number of rotatable bonds is 7. The molecule has 6 nitrogen and oxygen atoms in total. The molecule has 2 heterocycles. The van der Waals surface area contributed by atoms with E-state index >= 15 is 0 Å². The smallest absolute Gasteiger partial charge is 0.158 e. The lowest BCUT2D eigenvalue weighted by atomic mass is 9.83. The van der Waals surface area contributed by atoms with Gasteiger partial charge < -0.3 is 14.2 Å². The molecule has 0 saturated carbocycles. The fraction of sp³-hybridized carbons (Fsp3) is 0.667. The van der Waals surface area contributed by atoms with E-state index in [2.05, 4.69) is 4.90 Å². The molecule has 0 amide bonds. The van der Waals surface area contributed by atoms with E-state index < -0.39 is 14.6 Å². The van der Waals surface area contributed by atoms with Gasteiger partial charge in [0.15, 0.2) is 9.84 Å². The van der Waals surface area contributed by atoms with Gasteiger partial charge in [0.2, 0.25) is 0 Å². The van der Waals surface area contributed by atoms with Gasteiger partial charge >= 0.3 is 0 Å². The van der Waals surface area contributed by atoms with Crippen LogP contribution < -0.4 is 9.47 Å². The summed E-state index contributed by atoms with van der Waals surface area (Å²) in [5.41, 5.74) is 1.06. The van der Waals surface area contributed by atoms with Crippen LogP contribution in [0.2, 0.25) is 0 Å². The van der Waals surface area contributed by atoms with Crippen molar-refractivity contribution in [3.63, 3.8) is 0 Å². The van der Waals surface area contributed by atoms with E-state index in [1.165, 1.54) is 0 Å². The molecule has 1 aromatic carbocycles. The first-order chi connectivity index (χ1) is 11.9. The molecule has 25 heavy (non-hydrogen) atoms. The maximum atomic E-state index is 12.6. The minimum absolute atomic E-state index is 0.105. The van der Waals surface area contributed by atoms with Gasteiger partial charge in [-0.15, -0.1) is 0 Å². The van der Waals surface area contributed by atoms with Gasteiger partial charge in [0.05, 0.1) is 26.6 Å². The van der Waals surface area contributed by atoms with Crippen molar-refractivity contribution < 1.29 is 22.6 Å². The quantitative estimate of drug-likeness (QED) is 0.729. The average molecular weight is 369 g/mol. The van der Waals surface area contributed by atoms with E-state index in [0.29, 0.717) is 39.3 Å². The Balaban J connectivity index is 1.70. The molecule has 140 valence electrons. The van der Waals surface area contributed by atoms with Crippen LogP contribution in [0.4, 0.5) is 0 Å². The fourth-order valence-corrected chi connectivity index (χ4v) is 6.46. The summed E-state index contributed by atoms with van der Waals surface area (Å²) < 4.78 is 40.8. The molecule has 2 saturated heterocycles. The molecule has 0 aliphatic carbocycles. The summed E-state index contributed by atoms with van der Waals surface area (Å²) in [5.74, 6) is 1.87. The largest absolute Gasteiger partial charge is 0.497 e. The maximum Gasteiger partial charge on any atom is 0.158 e. The molecule has 0 aromatic heterocycles. The summed E-state index contributed by atoms with van der Waals surface area (Å²) in [6, 6.07) is 5.77. The van der Waals surface area contributed by atoms with Crippen molar-refractivity contribution in [2.24, 2.45) is 5.92 Å². The van der Waals surface area contributed by atoms with Crippen LogP contribution in [0.25, 0.3) is 0 Å². The molecular weight excluding hydrogens is 342 g/mol. The van der Waals surface area contributed by atoms with Gasteiger partial charge in [-0.25, -0.2) is 8.42 Å². The Bertz CT molecular complexity index is 690. The Morgan fingerprint density at radius 1 is 1.16 bits per heavy atom. The zero-order valence-corrected chi connectivity index (χ0v) is 16.0. The Morgan fingerprint density at radius 3 is 2.36 bits per heavy atom. The highest BCUT2D eigenvalue weighted by atomic mass is 32.2. The van der Waals surface area contributed by atoms with Crippen molar-refractivity contribution in [1.29, 1.82) is 0 Å². The van der Waals surface area contributed by atoms with Crippen LogP contribution in [0, 0.1) is 5.92 Å². The van der Waals surface area contributed by atoms with Crippen molar-refractivity contribution in [2.45, 2.75) is 24.6 Å².